The van der Waals surface area contributed by atoms with Crippen molar-refractivity contribution < 1.29 is 14.0 Å². The van der Waals surface area contributed by atoms with Crippen molar-refractivity contribution in [3.05, 3.63) is 93.9 Å². The predicted molar refractivity (Wildman–Crippen MR) is 115 cm³/mol. The second-order valence-electron chi connectivity index (χ2n) is 7.03. The zero-order valence-corrected chi connectivity index (χ0v) is 17.2. The Balaban J connectivity index is 1.56. The molecule has 0 spiro atoms. The van der Waals surface area contributed by atoms with Crippen LogP contribution in [0.3, 0.4) is 0 Å². The van der Waals surface area contributed by atoms with Crippen molar-refractivity contribution in [3.8, 4) is 0 Å². The van der Waals surface area contributed by atoms with Crippen molar-refractivity contribution in [1.29, 1.82) is 0 Å². The monoisotopic (exact) mass is 421 g/mol. The zero-order chi connectivity index (χ0) is 21.1. The SMILES string of the molecule is CN(CC(=O)N1N=C(c2cccs2)C[C@H]1c1ccccc1)C(=O)c1ccccc1F. The summed E-state index contributed by atoms with van der Waals surface area (Å²) >= 11 is 1.57. The first-order chi connectivity index (χ1) is 14.5. The lowest BCUT2D eigenvalue weighted by Crippen LogP contribution is -2.39. The van der Waals surface area contributed by atoms with Gasteiger partial charge in [-0.15, -0.1) is 11.3 Å². The van der Waals surface area contributed by atoms with Crippen molar-refractivity contribution in [2.24, 2.45) is 5.10 Å². The molecule has 30 heavy (non-hydrogen) atoms. The van der Waals surface area contributed by atoms with Gasteiger partial charge in [0.15, 0.2) is 0 Å². The highest BCUT2D eigenvalue weighted by Crippen LogP contribution is 2.33. The van der Waals surface area contributed by atoms with Gasteiger partial charge in [-0.1, -0.05) is 48.5 Å². The van der Waals surface area contributed by atoms with E-state index in [1.165, 1.54) is 35.2 Å². The summed E-state index contributed by atoms with van der Waals surface area (Å²) in [6.07, 6.45) is 0.598. The molecule has 1 aliphatic rings. The fourth-order valence-corrected chi connectivity index (χ4v) is 4.18. The van der Waals surface area contributed by atoms with E-state index < -0.39 is 11.7 Å². The van der Waals surface area contributed by atoms with Gasteiger partial charge in [0, 0.05) is 13.5 Å². The van der Waals surface area contributed by atoms with E-state index in [9.17, 15) is 14.0 Å². The van der Waals surface area contributed by atoms with Crippen LogP contribution in [-0.4, -0.2) is 41.0 Å². The summed E-state index contributed by atoms with van der Waals surface area (Å²) in [6.45, 7) is -0.197. The van der Waals surface area contributed by atoms with Crippen LogP contribution in [-0.2, 0) is 4.79 Å². The molecule has 3 aromatic rings. The van der Waals surface area contributed by atoms with Crippen molar-refractivity contribution in [2.75, 3.05) is 13.6 Å². The topological polar surface area (TPSA) is 53.0 Å². The van der Waals surface area contributed by atoms with Gasteiger partial charge >= 0.3 is 0 Å². The Morgan fingerprint density at radius 1 is 1.10 bits per heavy atom. The number of benzene rings is 2. The molecule has 0 bridgehead atoms. The van der Waals surface area contributed by atoms with Crippen LogP contribution in [0.25, 0.3) is 0 Å². The minimum atomic E-state index is -0.608. The fraction of sp³-hybridized carbons (Fsp3) is 0.174. The van der Waals surface area contributed by atoms with E-state index in [4.69, 9.17) is 0 Å². The Morgan fingerprint density at radius 2 is 1.83 bits per heavy atom. The molecule has 0 saturated carbocycles. The van der Waals surface area contributed by atoms with Crippen LogP contribution in [0.1, 0.15) is 33.3 Å². The molecule has 0 saturated heterocycles. The van der Waals surface area contributed by atoms with E-state index in [2.05, 4.69) is 5.10 Å². The first-order valence-electron chi connectivity index (χ1n) is 9.53. The maximum absolute atomic E-state index is 14.0. The normalized spacial score (nSPS) is 15.7. The summed E-state index contributed by atoms with van der Waals surface area (Å²) < 4.78 is 14.0. The Kier molecular flexibility index (Phi) is 5.72. The Morgan fingerprint density at radius 3 is 2.53 bits per heavy atom. The number of amides is 2. The molecule has 2 amide bonds. The maximum atomic E-state index is 14.0. The highest BCUT2D eigenvalue weighted by molar-refractivity contribution is 7.12. The van der Waals surface area contributed by atoms with E-state index >= 15 is 0 Å². The number of hydrogen-bond acceptors (Lipinski definition) is 4. The Bertz CT molecular complexity index is 1080. The van der Waals surface area contributed by atoms with Gasteiger partial charge < -0.3 is 4.90 Å². The lowest BCUT2D eigenvalue weighted by molar-refractivity contribution is -0.133. The van der Waals surface area contributed by atoms with Gasteiger partial charge in [0.2, 0.25) is 0 Å². The minimum Gasteiger partial charge on any atom is -0.332 e. The third-order valence-corrected chi connectivity index (χ3v) is 5.90. The van der Waals surface area contributed by atoms with Crippen molar-refractivity contribution in [1.82, 2.24) is 9.91 Å². The zero-order valence-electron chi connectivity index (χ0n) is 16.4. The molecule has 0 unspecified atom stereocenters. The highest BCUT2D eigenvalue weighted by Gasteiger charge is 2.34. The average Bonchev–Trinajstić information content (AvgIpc) is 3.44. The average molecular weight is 421 g/mol. The molecule has 5 nitrogen and oxygen atoms in total. The number of carbonyl (C=O) groups excluding carboxylic acids is 2. The lowest BCUT2D eigenvalue weighted by atomic mass is 10.0. The second kappa shape index (κ2) is 8.59. The summed E-state index contributed by atoms with van der Waals surface area (Å²) in [7, 11) is 1.49. The third kappa shape index (κ3) is 4.02. The van der Waals surface area contributed by atoms with E-state index in [-0.39, 0.29) is 24.1 Å². The standard InChI is InChI=1S/C23H20FN3O2S/c1-26(23(29)17-10-5-6-11-18(17)24)15-22(28)27-20(16-8-3-2-4-9-16)14-19(25-27)21-12-7-13-30-21/h2-13,20H,14-15H2,1H3/t20-/m0/s1. The summed E-state index contributed by atoms with van der Waals surface area (Å²) in [5, 5.41) is 8.02. The minimum absolute atomic E-state index is 0.0587. The highest BCUT2D eigenvalue weighted by atomic mass is 32.1. The maximum Gasteiger partial charge on any atom is 0.262 e. The van der Waals surface area contributed by atoms with Gasteiger partial charge in [0.05, 0.1) is 22.2 Å². The summed E-state index contributed by atoms with van der Waals surface area (Å²) in [5.41, 5.74) is 1.76. The molecule has 1 aliphatic heterocycles. The quantitative estimate of drug-likeness (QED) is 0.616. The molecular formula is C23H20FN3O2S. The van der Waals surface area contributed by atoms with Crippen LogP contribution in [0.2, 0.25) is 0 Å². The Labute approximate surface area is 178 Å². The first-order valence-corrected chi connectivity index (χ1v) is 10.4. The Hall–Kier alpha value is -3.32. The number of halogens is 1. The molecule has 1 atom stereocenters. The number of hydrogen-bond donors (Lipinski definition) is 0. The molecule has 1 aromatic heterocycles. The number of rotatable bonds is 5. The summed E-state index contributed by atoms with van der Waals surface area (Å²) in [6, 6.07) is 19.1. The van der Waals surface area contributed by atoms with Gasteiger partial charge in [-0.25, -0.2) is 9.40 Å². The number of carbonyl (C=O) groups is 2. The molecule has 2 heterocycles. The van der Waals surface area contributed by atoms with Crippen LogP contribution in [0, 0.1) is 5.82 Å². The van der Waals surface area contributed by atoms with E-state index in [0.29, 0.717) is 6.42 Å². The molecule has 0 aliphatic carbocycles. The number of thiophene rings is 1. The van der Waals surface area contributed by atoms with Gasteiger partial charge in [0.25, 0.3) is 11.8 Å². The lowest BCUT2D eigenvalue weighted by Gasteiger charge is -2.25. The van der Waals surface area contributed by atoms with E-state index in [0.717, 1.165) is 16.2 Å². The van der Waals surface area contributed by atoms with E-state index in [1.807, 2.05) is 47.8 Å². The second-order valence-corrected chi connectivity index (χ2v) is 7.98. The van der Waals surface area contributed by atoms with Crippen molar-refractivity contribution in [3.63, 3.8) is 0 Å². The van der Waals surface area contributed by atoms with Gasteiger partial charge in [-0.05, 0) is 29.1 Å². The molecule has 0 N–H and O–H groups in total. The predicted octanol–water partition coefficient (Wildman–Crippen LogP) is 4.34. The molecule has 7 heteroatoms. The molecule has 2 aromatic carbocycles. The van der Waals surface area contributed by atoms with Crippen LogP contribution in [0.15, 0.2) is 77.2 Å². The summed E-state index contributed by atoms with van der Waals surface area (Å²) in [5.74, 6) is -1.47. The van der Waals surface area contributed by atoms with Crippen LogP contribution < -0.4 is 0 Å². The molecule has 4 rings (SSSR count). The summed E-state index contributed by atoms with van der Waals surface area (Å²) in [4.78, 5) is 27.9. The largest absolute Gasteiger partial charge is 0.332 e. The molecule has 0 fully saturated rings. The van der Waals surface area contributed by atoms with Crippen LogP contribution >= 0.6 is 11.3 Å². The number of likely N-dealkylation sites (N-methyl/N-ethyl adjacent to an activating group) is 1. The van der Waals surface area contributed by atoms with Crippen molar-refractivity contribution in [2.45, 2.75) is 12.5 Å². The van der Waals surface area contributed by atoms with Crippen molar-refractivity contribution >= 4 is 28.9 Å². The number of hydrazone groups is 1. The molecule has 0 radical (unpaired) electrons. The smallest absolute Gasteiger partial charge is 0.262 e. The van der Waals surface area contributed by atoms with Gasteiger partial charge in [0.1, 0.15) is 12.4 Å². The van der Waals surface area contributed by atoms with Gasteiger partial charge in [-0.2, -0.15) is 5.10 Å². The first kappa shape index (κ1) is 20.0. The third-order valence-electron chi connectivity index (χ3n) is 4.98. The van der Waals surface area contributed by atoms with E-state index in [1.54, 1.807) is 17.4 Å². The molecule has 152 valence electrons. The number of nitrogens with zero attached hydrogens (tertiary/aromatic N) is 3. The molecular weight excluding hydrogens is 401 g/mol. The van der Waals surface area contributed by atoms with Gasteiger partial charge in [-0.3, -0.25) is 9.59 Å². The fourth-order valence-electron chi connectivity index (χ4n) is 3.45. The van der Waals surface area contributed by atoms with Crippen LogP contribution in [0.5, 0.6) is 0 Å². The van der Waals surface area contributed by atoms with Crippen LogP contribution in [0.4, 0.5) is 4.39 Å².